The number of rotatable bonds is 6. The van der Waals surface area contributed by atoms with Crippen molar-refractivity contribution in [2.45, 2.75) is 19.5 Å². The van der Waals surface area contributed by atoms with E-state index >= 15 is 0 Å². The summed E-state index contributed by atoms with van der Waals surface area (Å²) in [5, 5.41) is 9.84. The number of hydrogen-bond acceptors (Lipinski definition) is 6. The van der Waals surface area contributed by atoms with Crippen LogP contribution in [0.2, 0.25) is 0 Å². The van der Waals surface area contributed by atoms with Crippen LogP contribution < -0.4 is 4.74 Å². The number of carbonyl (C=O) groups excluding carboxylic acids is 1. The molecule has 1 aliphatic rings. The number of likely N-dealkylation sites (N-methyl/N-ethyl adjacent to an activating group) is 1. The molecule has 178 valence electrons. The fraction of sp³-hybridized carbons (Fsp3) is 0.217. The van der Waals surface area contributed by atoms with E-state index in [0.717, 1.165) is 23.0 Å². The highest BCUT2D eigenvalue weighted by Gasteiger charge is 2.35. The molecule has 11 heteroatoms. The minimum absolute atomic E-state index is 0.0946. The quantitative estimate of drug-likeness (QED) is 0.361. The molecule has 1 aromatic heterocycles. The number of ether oxygens (including phenoxy) is 2. The summed E-state index contributed by atoms with van der Waals surface area (Å²) in [5.74, 6) is -0.248. The number of amides is 1. The highest BCUT2D eigenvalue weighted by Crippen LogP contribution is 2.39. The molecule has 2 N–H and O–H groups in total. The number of thiazole rings is 1. The van der Waals surface area contributed by atoms with E-state index in [2.05, 4.69) is 4.98 Å². The van der Waals surface area contributed by atoms with Gasteiger partial charge < -0.3 is 19.6 Å². The largest absolute Gasteiger partial charge is 0.494 e. The second-order valence-electron chi connectivity index (χ2n) is 7.40. The van der Waals surface area contributed by atoms with Crippen LogP contribution in [0.1, 0.15) is 28.5 Å². The summed E-state index contributed by atoms with van der Waals surface area (Å²) in [6, 6.07) is 10.3. The summed E-state index contributed by atoms with van der Waals surface area (Å²) >= 11 is 6.06. The van der Waals surface area contributed by atoms with E-state index in [1.54, 1.807) is 30.3 Å². The van der Waals surface area contributed by atoms with Gasteiger partial charge in [0, 0.05) is 13.0 Å². The standard InChI is InChI=1S/C23H19F3N2O4S2/c1-2-28-15(12-31-22(28)30)9-13-3-6-16(7-4-13)32-18-8-5-14(10-17(18)23(24,25)26)11-19-20(29)27-21(33)34-19/h3-10,29H,2,11-12H2,1H3,(H,27,33). The second-order valence-corrected chi connectivity index (χ2v) is 9.17. The van der Waals surface area contributed by atoms with E-state index < -0.39 is 17.8 Å². The van der Waals surface area contributed by atoms with Gasteiger partial charge in [0.25, 0.3) is 0 Å². The predicted octanol–water partition coefficient (Wildman–Crippen LogP) is 6.73. The minimum Gasteiger partial charge on any atom is -0.494 e. The lowest BCUT2D eigenvalue weighted by Gasteiger charge is -2.15. The Morgan fingerprint density at radius 1 is 1.26 bits per heavy atom. The van der Waals surface area contributed by atoms with Crippen molar-refractivity contribution in [2.24, 2.45) is 0 Å². The van der Waals surface area contributed by atoms with Crippen molar-refractivity contribution in [1.29, 1.82) is 0 Å². The number of aromatic amines is 1. The number of nitrogens with zero attached hydrogens (tertiary/aromatic N) is 1. The zero-order valence-electron chi connectivity index (χ0n) is 17.8. The number of halogens is 3. The molecule has 0 aliphatic carbocycles. The molecule has 0 radical (unpaired) electrons. The molecule has 2 heterocycles. The summed E-state index contributed by atoms with van der Waals surface area (Å²) in [4.78, 5) is 16.2. The van der Waals surface area contributed by atoms with Crippen molar-refractivity contribution in [3.63, 3.8) is 0 Å². The van der Waals surface area contributed by atoms with Gasteiger partial charge in [-0.1, -0.05) is 18.2 Å². The van der Waals surface area contributed by atoms with Gasteiger partial charge in [0.2, 0.25) is 5.88 Å². The van der Waals surface area contributed by atoms with Crippen LogP contribution >= 0.6 is 23.6 Å². The number of carbonyl (C=O) groups is 1. The summed E-state index contributed by atoms with van der Waals surface area (Å²) in [6.07, 6.45) is -3.17. The first-order valence-electron chi connectivity index (χ1n) is 10.2. The van der Waals surface area contributed by atoms with Crippen LogP contribution in [0.5, 0.6) is 17.4 Å². The molecule has 0 spiro atoms. The SMILES string of the molecule is CCN1C(=O)OCC1=Cc1ccc(Oc2ccc(Cc3sc(=S)[nH]c3O)cc2C(F)(F)F)cc1. The highest BCUT2D eigenvalue weighted by molar-refractivity contribution is 7.73. The van der Waals surface area contributed by atoms with Crippen molar-refractivity contribution < 1.29 is 32.5 Å². The van der Waals surface area contributed by atoms with Crippen LogP contribution in [0.25, 0.3) is 6.08 Å². The molecule has 3 aromatic rings. The number of nitrogens with one attached hydrogen (secondary N) is 1. The molecular weight excluding hydrogens is 489 g/mol. The minimum atomic E-state index is -4.64. The van der Waals surface area contributed by atoms with E-state index in [4.69, 9.17) is 21.7 Å². The Morgan fingerprint density at radius 3 is 2.62 bits per heavy atom. The molecule has 1 amide bonds. The first-order valence-corrected chi connectivity index (χ1v) is 11.4. The van der Waals surface area contributed by atoms with Crippen LogP contribution in [0.3, 0.4) is 0 Å². The molecule has 1 fully saturated rings. The van der Waals surface area contributed by atoms with Gasteiger partial charge in [-0.25, -0.2) is 4.79 Å². The van der Waals surface area contributed by atoms with Gasteiger partial charge >= 0.3 is 12.3 Å². The first-order chi connectivity index (χ1) is 16.1. The molecule has 0 atom stereocenters. The summed E-state index contributed by atoms with van der Waals surface area (Å²) in [5.41, 5.74) is 0.888. The van der Waals surface area contributed by atoms with Gasteiger partial charge in [-0.2, -0.15) is 13.2 Å². The zero-order valence-corrected chi connectivity index (χ0v) is 19.4. The molecular formula is C23H19F3N2O4S2. The number of alkyl halides is 3. The van der Waals surface area contributed by atoms with Crippen molar-refractivity contribution in [2.75, 3.05) is 13.2 Å². The number of cyclic esters (lactones) is 1. The highest BCUT2D eigenvalue weighted by atomic mass is 32.1. The van der Waals surface area contributed by atoms with Gasteiger partial charge in [0.05, 0.1) is 16.1 Å². The van der Waals surface area contributed by atoms with Crippen LogP contribution in [0, 0.1) is 3.95 Å². The lowest BCUT2D eigenvalue weighted by molar-refractivity contribution is -0.138. The summed E-state index contributed by atoms with van der Waals surface area (Å²) in [7, 11) is 0. The van der Waals surface area contributed by atoms with Crippen LogP contribution in [0.15, 0.2) is 48.2 Å². The van der Waals surface area contributed by atoms with E-state index in [9.17, 15) is 23.1 Å². The van der Waals surface area contributed by atoms with Crippen LogP contribution in [-0.4, -0.2) is 34.2 Å². The normalized spacial score (nSPS) is 15.1. The average molecular weight is 509 g/mol. The number of aromatic nitrogens is 1. The van der Waals surface area contributed by atoms with Gasteiger partial charge in [-0.15, -0.1) is 11.3 Å². The Bertz CT molecular complexity index is 1300. The van der Waals surface area contributed by atoms with Gasteiger partial charge in [-0.05, 0) is 60.6 Å². The number of H-pyrrole nitrogens is 1. The average Bonchev–Trinajstić information content (AvgIpc) is 3.29. The van der Waals surface area contributed by atoms with Crippen molar-refractivity contribution in [3.8, 4) is 17.4 Å². The monoisotopic (exact) mass is 508 g/mol. The predicted molar refractivity (Wildman–Crippen MR) is 124 cm³/mol. The maximum Gasteiger partial charge on any atom is 0.419 e. The maximum atomic E-state index is 13.7. The summed E-state index contributed by atoms with van der Waals surface area (Å²) in [6.45, 7) is 2.47. The molecule has 6 nitrogen and oxygen atoms in total. The molecule has 1 saturated heterocycles. The molecule has 34 heavy (non-hydrogen) atoms. The van der Waals surface area contributed by atoms with Gasteiger partial charge in [0.15, 0.2) is 3.95 Å². The lowest BCUT2D eigenvalue weighted by Crippen LogP contribution is -2.21. The Kier molecular flexibility index (Phi) is 6.67. The molecule has 0 unspecified atom stereocenters. The summed E-state index contributed by atoms with van der Waals surface area (Å²) < 4.78 is 52.1. The topological polar surface area (TPSA) is 74.8 Å². The third kappa shape index (κ3) is 5.26. The molecule has 2 aromatic carbocycles. The zero-order chi connectivity index (χ0) is 24.5. The van der Waals surface area contributed by atoms with E-state index in [0.29, 0.717) is 26.6 Å². The molecule has 0 bridgehead atoms. The molecule has 0 saturated carbocycles. The third-order valence-corrected chi connectivity index (χ3v) is 6.31. The van der Waals surface area contributed by atoms with Crippen LogP contribution in [-0.2, 0) is 17.3 Å². The van der Waals surface area contributed by atoms with Gasteiger partial charge in [0.1, 0.15) is 18.1 Å². The fourth-order valence-electron chi connectivity index (χ4n) is 3.47. The van der Waals surface area contributed by atoms with Crippen molar-refractivity contribution in [1.82, 2.24) is 9.88 Å². The fourth-order valence-corrected chi connectivity index (χ4v) is 4.62. The van der Waals surface area contributed by atoms with E-state index in [-0.39, 0.29) is 30.4 Å². The Balaban J connectivity index is 1.55. The third-order valence-electron chi connectivity index (χ3n) is 5.08. The Morgan fingerprint density at radius 2 is 2.00 bits per heavy atom. The van der Waals surface area contributed by atoms with Crippen LogP contribution in [0.4, 0.5) is 18.0 Å². The smallest absolute Gasteiger partial charge is 0.419 e. The number of hydrogen-bond donors (Lipinski definition) is 2. The Labute approximate surface area is 201 Å². The van der Waals surface area contributed by atoms with Crippen molar-refractivity contribution >= 4 is 35.7 Å². The van der Waals surface area contributed by atoms with E-state index in [1.165, 1.54) is 17.0 Å². The van der Waals surface area contributed by atoms with Crippen molar-refractivity contribution in [3.05, 3.63) is 73.7 Å². The first kappa shape index (κ1) is 23.8. The maximum absolute atomic E-state index is 13.7. The number of benzene rings is 2. The van der Waals surface area contributed by atoms with E-state index in [1.807, 2.05) is 6.92 Å². The molecule has 1 aliphatic heterocycles. The Hall–Kier alpha value is -3.31. The number of aromatic hydroxyl groups is 1. The lowest BCUT2D eigenvalue weighted by atomic mass is 10.1. The van der Waals surface area contributed by atoms with Gasteiger partial charge in [-0.3, -0.25) is 4.90 Å². The molecule has 4 rings (SSSR count). The second kappa shape index (κ2) is 9.51.